The standard InChI is InChI=1S/C20H32N4O2/c1-22(2)18-9-7-16(8-10-18)6-5-13-21-19(25)17-11-14-24(15-12-17)20(26)23(3)4/h7-10,17H,5-6,11-15H2,1-4H3,(H,21,25). The van der Waals surface area contributed by atoms with E-state index in [4.69, 9.17) is 0 Å². The zero-order chi connectivity index (χ0) is 19.1. The minimum absolute atomic E-state index is 0.0283. The number of urea groups is 1. The van der Waals surface area contributed by atoms with Crippen molar-refractivity contribution >= 4 is 17.6 Å². The number of benzene rings is 1. The maximum absolute atomic E-state index is 12.3. The Kier molecular flexibility index (Phi) is 7.30. The fourth-order valence-electron chi connectivity index (χ4n) is 3.23. The van der Waals surface area contributed by atoms with Gasteiger partial charge in [-0.2, -0.15) is 0 Å². The first-order chi connectivity index (χ1) is 12.4. The molecule has 0 bridgehead atoms. The number of hydrogen-bond donors (Lipinski definition) is 1. The smallest absolute Gasteiger partial charge is 0.319 e. The highest BCUT2D eigenvalue weighted by Crippen LogP contribution is 2.18. The Morgan fingerprint density at radius 1 is 1.08 bits per heavy atom. The molecule has 0 atom stereocenters. The second-order valence-corrected chi connectivity index (χ2v) is 7.39. The van der Waals surface area contributed by atoms with Crippen molar-refractivity contribution in [3.8, 4) is 0 Å². The van der Waals surface area contributed by atoms with Gasteiger partial charge in [0.2, 0.25) is 5.91 Å². The van der Waals surface area contributed by atoms with Gasteiger partial charge in [0.15, 0.2) is 0 Å². The molecule has 1 aliphatic rings. The number of rotatable bonds is 6. The predicted octanol–water partition coefficient (Wildman–Crippen LogP) is 2.19. The van der Waals surface area contributed by atoms with Crippen LogP contribution in [0.5, 0.6) is 0 Å². The maximum Gasteiger partial charge on any atom is 0.319 e. The van der Waals surface area contributed by atoms with Crippen molar-refractivity contribution in [3.63, 3.8) is 0 Å². The van der Waals surface area contributed by atoms with Gasteiger partial charge in [0, 0.05) is 59.4 Å². The van der Waals surface area contributed by atoms with Gasteiger partial charge in [-0.05, 0) is 43.4 Å². The quantitative estimate of drug-likeness (QED) is 0.791. The maximum atomic E-state index is 12.3. The molecule has 0 unspecified atom stereocenters. The SMILES string of the molecule is CN(C)C(=O)N1CCC(C(=O)NCCCc2ccc(N(C)C)cc2)CC1. The predicted molar refractivity (Wildman–Crippen MR) is 105 cm³/mol. The van der Waals surface area contributed by atoms with Crippen molar-refractivity contribution in [3.05, 3.63) is 29.8 Å². The van der Waals surface area contributed by atoms with E-state index >= 15 is 0 Å². The first-order valence-electron chi connectivity index (χ1n) is 9.38. The minimum Gasteiger partial charge on any atom is -0.378 e. The lowest BCUT2D eigenvalue weighted by atomic mass is 9.96. The lowest BCUT2D eigenvalue weighted by Gasteiger charge is -2.33. The zero-order valence-electron chi connectivity index (χ0n) is 16.5. The molecule has 1 aromatic rings. The van der Waals surface area contributed by atoms with Crippen LogP contribution in [0.4, 0.5) is 10.5 Å². The van der Waals surface area contributed by atoms with Crippen LogP contribution in [0.15, 0.2) is 24.3 Å². The lowest BCUT2D eigenvalue weighted by molar-refractivity contribution is -0.126. The van der Waals surface area contributed by atoms with Gasteiger partial charge >= 0.3 is 6.03 Å². The molecule has 6 heteroatoms. The third-order valence-electron chi connectivity index (χ3n) is 4.91. The van der Waals surface area contributed by atoms with Crippen LogP contribution in [0.25, 0.3) is 0 Å². The Hall–Kier alpha value is -2.24. The van der Waals surface area contributed by atoms with Crippen LogP contribution in [-0.4, -0.2) is 69.6 Å². The summed E-state index contributed by atoms with van der Waals surface area (Å²) in [6.45, 7) is 2.02. The summed E-state index contributed by atoms with van der Waals surface area (Å²) < 4.78 is 0. The van der Waals surface area contributed by atoms with E-state index in [1.54, 1.807) is 19.0 Å². The molecule has 144 valence electrons. The number of aryl methyl sites for hydroxylation is 1. The second-order valence-electron chi connectivity index (χ2n) is 7.39. The third-order valence-corrected chi connectivity index (χ3v) is 4.91. The monoisotopic (exact) mass is 360 g/mol. The van der Waals surface area contributed by atoms with Crippen molar-refractivity contribution in [1.29, 1.82) is 0 Å². The van der Waals surface area contributed by atoms with Crippen molar-refractivity contribution in [1.82, 2.24) is 15.1 Å². The van der Waals surface area contributed by atoms with Gasteiger partial charge in [0.25, 0.3) is 0 Å². The molecule has 1 saturated heterocycles. The van der Waals surface area contributed by atoms with Crippen LogP contribution in [0.1, 0.15) is 24.8 Å². The van der Waals surface area contributed by atoms with Gasteiger partial charge in [0.1, 0.15) is 0 Å². The number of hydrogen-bond acceptors (Lipinski definition) is 3. The van der Waals surface area contributed by atoms with Crippen LogP contribution < -0.4 is 10.2 Å². The van der Waals surface area contributed by atoms with Crippen molar-refractivity contribution in [2.75, 3.05) is 52.7 Å². The minimum atomic E-state index is 0.0283. The number of carbonyl (C=O) groups excluding carboxylic acids is 2. The lowest BCUT2D eigenvalue weighted by Crippen LogP contribution is -2.46. The Balaban J connectivity index is 1.65. The number of piperidine rings is 1. The Bertz CT molecular complexity index is 590. The van der Waals surface area contributed by atoms with Gasteiger partial charge in [0.05, 0.1) is 0 Å². The molecule has 3 amide bonds. The molecule has 6 nitrogen and oxygen atoms in total. The van der Waals surface area contributed by atoms with Crippen LogP contribution in [0, 0.1) is 5.92 Å². The Morgan fingerprint density at radius 2 is 1.69 bits per heavy atom. The number of carbonyl (C=O) groups is 2. The molecular formula is C20H32N4O2. The number of anilines is 1. The highest BCUT2D eigenvalue weighted by Gasteiger charge is 2.27. The molecule has 0 aliphatic carbocycles. The van der Waals surface area contributed by atoms with E-state index in [-0.39, 0.29) is 17.9 Å². The van der Waals surface area contributed by atoms with Crippen LogP contribution in [0.2, 0.25) is 0 Å². The van der Waals surface area contributed by atoms with Crippen LogP contribution >= 0.6 is 0 Å². The second kappa shape index (κ2) is 9.46. The van der Waals surface area contributed by atoms with Crippen LogP contribution in [-0.2, 0) is 11.2 Å². The van der Waals surface area contributed by atoms with E-state index in [2.05, 4.69) is 34.5 Å². The van der Waals surface area contributed by atoms with E-state index in [1.807, 2.05) is 19.0 Å². The summed E-state index contributed by atoms with van der Waals surface area (Å²) in [6.07, 6.45) is 3.39. The largest absolute Gasteiger partial charge is 0.378 e. The average molecular weight is 361 g/mol. The van der Waals surface area contributed by atoms with Gasteiger partial charge < -0.3 is 20.0 Å². The van der Waals surface area contributed by atoms with E-state index in [1.165, 1.54) is 11.3 Å². The van der Waals surface area contributed by atoms with Gasteiger partial charge in [-0.25, -0.2) is 4.79 Å². The summed E-state index contributed by atoms with van der Waals surface area (Å²) in [5.74, 6) is 0.158. The van der Waals surface area contributed by atoms with Crippen LogP contribution in [0.3, 0.4) is 0 Å². The van der Waals surface area contributed by atoms with E-state index < -0.39 is 0 Å². The molecule has 0 spiro atoms. The number of nitrogens with zero attached hydrogens (tertiary/aromatic N) is 3. The molecule has 26 heavy (non-hydrogen) atoms. The Morgan fingerprint density at radius 3 is 2.23 bits per heavy atom. The van der Waals surface area contributed by atoms with Crippen molar-refractivity contribution < 1.29 is 9.59 Å². The number of amides is 3. The number of nitrogens with one attached hydrogen (secondary N) is 1. The van der Waals surface area contributed by atoms with E-state index in [0.717, 1.165) is 25.7 Å². The van der Waals surface area contributed by atoms with Gasteiger partial charge in [-0.1, -0.05) is 12.1 Å². The van der Waals surface area contributed by atoms with Gasteiger partial charge in [-0.15, -0.1) is 0 Å². The number of likely N-dealkylation sites (tertiary alicyclic amines) is 1. The summed E-state index contributed by atoms with van der Waals surface area (Å²) in [4.78, 5) is 29.7. The normalized spacial score (nSPS) is 14.8. The average Bonchev–Trinajstić information content (AvgIpc) is 2.64. The first-order valence-corrected chi connectivity index (χ1v) is 9.38. The zero-order valence-corrected chi connectivity index (χ0v) is 16.5. The van der Waals surface area contributed by atoms with Gasteiger partial charge in [-0.3, -0.25) is 4.79 Å². The fourth-order valence-corrected chi connectivity index (χ4v) is 3.23. The molecule has 1 fully saturated rings. The molecule has 1 heterocycles. The molecule has 1 N–H and O–H groups in total. The molecule has 0 radical (unpaired) electrons. The molecular weight excluding hydrogens is 328 g/mol. The van der Waals surface area contributed by atoms with E-state index in [0.29, 0.717) is 19.6 Å². The summed E-state index contributed by atoms with van der Waals surface area (Å²) in [6, 6.07) is 8.57. The summed E-state index contributed by atoms with van der Waals surface area (Å²) in [5.41, 5.74) is 2.49. The summed E-state index contributed by atoms with van der Waals surface area (Å²) >= 11 is 0. The summed E-state index contributed by atoms with van der Waals surface area (Å²) in [7, 11) is 7.58. The fraction of sp³-hybridized carbons (Fsp3) is 0.600. The van der Waals surface area contributed by atoms with Crippen molar-refractivity contribution in [2.45, 2.75) is 25.7 Å². The van der Waals surface area contributed by atoms with Crippen molar-refractivity contribution in [2.24, 2.45) is 5.92 Å². The third kappa shape index (κ3) is 5.64. The molecule has 1 aliphatic heterocycles. The van der Waals surface area contributed by atoms with E-state index in [9.17, 15) is 9.59 Å². The molecule has 2 rings (SSSR count). The highest BCUT2D eigenvalue weighted by molar-refractivity contribution is 5.79. The first kappa shape index (κ1) is 20.1. The molecule has 0 aromatic heterocycles. The molecule has 0 saturated carbocycles. The Labute approximate surface area is 157 Å². The molecule has 1 aromatic carbocycles. The summed E-state index contributed by atoms with van der Waals surface area (Å²) in [5, 5.41) is 3.06. The highest BCUT2D eigenvalue weighted by atomic mass is 16.2. The topological polar surface area (TPSA) is 55.9 Å².